The van der Waals surface area contributed by atoms with Crippen molar-refractivity contribution < 1.29 is 9.90 Å². The lowest BCUT2D eigenvalue weighted by Gasteiger charge is -2.01. The van der Waals surface area contributed by atoms with Crippen molar-refractivity contribution >= 4 is 17.7 Å². The van der Waals surface area contributed by atoms with E-state index in [0.717, 1.165) is 5.82 Å². The third-order valence-electron chi connectivity index (χ3n) is 2.23. The second kappa shape index (κ2) is 4.54. The number of aromatic nitrogens is 4. The van der Waals surface area contributed by atoms with Crippen LogP contribution in [0.5, 0.6) is 0 Å². The van der Waals surface area contributed by atoms with Crippen LogP contribution in [0.15, 0.2) is 28.5 Å². The Labute approximate surface area is 102 Å². The standard InChI is InChI=1S/C10H10N4O2S/c1-6-12-13-10(14(6)2)17-8-5-7(9(15)16)3-4-11-8/h3-5H,1-2H3,(H,15,16). The van der Waals surface area contributed by atoms with Crippen molar-refractivity contribution in [2.24, 2.45) is 7.05 Å². The van der Waals surface area contributed by atoms with Gasteiger partial charge in [0.05, 0.1) is 5.56 Å². The normalized spacial score (nSPS) is 10.5. The fourth-order valence-corrected chi connectivity index (χ4v) is 2.01. The Hall–Kier alpha value is -1.89. The minimum Gasteiger partial charge on any atom is -0.478 e. The van der Waals surface area contributed by atoms with Gasteiger partial charge in [-0.15, -0.1) is 10.2 Å². The highest BCUT2D eigenvalue weighted by Crippen LogP contribution is 2.24. The first-order chi connectivity index (χ1) is 8.08. The molecule has 88 valence electrons. The van der Waals surface area contributed by atoms with E-state index in [4.69, 9.17) is 5.11 Å². The summed E-state index contributed by atoms with van der Waals surface area (Å²) in [5, 5.41) is 18.0. The van der Waals surface area contributed by atoms with Crippen LogP contribution in [-0.4, -0.2) is 30.8 Å². The van der Waals surface area contributed by atoms with Crippen LogP contribution in [0.4, 0.5) is 0 Å². The number of aromatic carboxylic acids is 1. The number of hydrogen-bond donors (Lipinski definition) is 1. The van der Waals surface area contributed by atoms with Gasteiger partial charge in [-0.25, -0.2) is 9.78 Å². The fraction of sp³-hybridized carbons (Fsp3) is 0.200. The van der Waals surface area contributed by atoms with Crippen LogP contribution in [0.2, 0.25) is 0 Å². The van der Waals surface area contributed by atoms with E-state index >= 15 is 0 Å². The number of pyridine rings is 1. The van der Waals surface area contributed by atoms with Crippen molar-refractivity contribution in [1.82, 2.24) is 19.7 Å². The van der Waals surface area contributed by atoms with Crippen LogP contribution in [0.25, 0.3) is 0 Å². The average molecular weight is 250 g/mol. The van der Waals surface area contributed by atoms with Gasteiger partial charge in [0.15, 0.2) is 5.16 Å². The number of rotatable bonds is 3. The monoisotopic (exact) mass is 250 g/mol. The topological polar surface area (TPSA) is 80.9 Å². The maximum absolute atomic E-state index is 10.8. The Bertz CT molecular complexity index is 567. The summed E-state index contributed by atoms with van der Waals surface area (Å²) in [5.41, 5.74) is 0.210. The average Bonchev–Trinajstić information content (AvgIpc) is 2.61. The molecule has 0 aromatic carbocycles. The molecule has 2 rings (SSSR count). The van der Waals surface area contributed by atoms with Gasteiger partial charge in [-0.05, 0) is 30.8 Å². The molecule has 1 N–H and O–H groups in total. The second-order valence-corrected chi connectivity index (χ2v) is 4.37. The molecule has 17 heavy (non-hydrogen) atoms. The van der Waals surface area contributed by atoms with E-state index in [1.807, 2.05) is 18.5 Å². The third-order valence-corrected chi connectivity index (χ3v) is 3.20. The second-order valence-electron chi connectivity index (χ2n) is 3.38. The molecule has 0 aliphatic heterocycles. The fourth-order valence-electron chi connectivity index (χ4n) is 1.17. The smallest absolute Gasteiger partial charge is 0.335 e. The van der Waals surface area contributed by atoms with E-state index in [1.54, 1.807) is 0 Å². The Morgan fingerprint density at radius 1 is 1.47 bits per heavy atom. The van der Waals surface area contributed by atoms with E-state index in [9.17, 15) is 4.79 Å². The number of hydrogen-bond acceptors (Lipinski definition) is 5. The lowest BCUT2D eigenvalue weighted by atomic mass is 10.3. The predicted molar refractivity (Wildman–Crippen MR) is 61.1 cm³/mol. The van der Waals surface area contributed by atoms with Crippen molar-refractivity contribution in [2.75, 3.05) is 0 Å². The van der Waals surface area contributed by atoms with E-state index in [1.165, 1.54) is 30.1 Å². The number of carbonyl (C=O) groups is 1. The number of nitrogens with zero attached hydrogens (tertiary/aromatic N) is 4. The van der Waals surface area contributed by atoms with E-state index in [0.29, 0.717) is 10.2 Å². The maximum atomic E-state index is 10.8. The molecule has 0 spiro atoms. The molecule has 0 saturated carbocycles. The molecule has 2 heterocycles. The van der Waals surface area contributed by atoms with Crippen molar-refractivity contribution in [3.8, 4) is 0 Å². The summed E-state index contributed by atoms with van der Waals surface area (Å²) in [7, 11) is 1.85. The van der Waals surface area contributed by atoms with Gasteiger partial charge in [0.2, 0.25) is 0 Å². The van der Waals surface area contributed by atoms with Crippen LogP contribution in [0, 0.1) is 6.92 Å². The summed E-state index contributed by atoms with van der Waals surface area (Å²) in [6.07, 6.45) is 1.47. The molecule has 0 aliphatic rings. The van der Waals surface area contributed by atoms with Crippen LogP contribution >= 0.6 is 11.8 Å². The van der Waals surface area contributed by atoms with Crippen molar-refractivity contribution in [2.45, 2.75) is 17.1 Å². The van der Waals surface area contributed by atoms with Gasteiger partial charge in [-0.1, -0.05) is 0 Å². The summed E-state index contributed by atoms with van der Waals surface area (Å²) < 4.78 is 1.82. The van der Waals surface area contributed by atoms with E-state index in [2.05, 4.69) is 15.2 Å². The Morgan fingerprint density at radius 3 is 2.82 bits per heavy atom. The molecule has 0 bridgehead atoms. The minimum absolute atomic E-state index is 0.210. The molecule has 0 saturated heterocycles. The SMILES string of the molecule is Cc1nnc(Sc2cc(C(=O)O)ccn2)n1C. The first kappa shape index (κ1) is 11.6. The minimum atomic E-state index is -0.969. The van der Waals surface area contributed by atoms with Gasteiger partial charge in [-0.2, -0.15) is 0 Å². The Kier molecular flexibility index (Phi) is 3.10. The largest absolute Gasteiger partial charge is 0.478 e. The van der Waals surface area contributed by atoms with Crippen LogP contribution in [0.1, 0.15) is 16.2 Å². The summed E-state index contributed by atoms with van der Waals surface area (Å²) in [6.45, 7) is 1.85. The summed E-state index contributed by atoms with van der Waals surface area (Å²) in [6, 6.07) is 2.96. The summed E-state index contributed by atoms with van der Waals surface area (Å²) >= 11 is 1.28. The van der Waals surface area contributed by atoms with Crippen LogP contribution in [-0.2, 0) is 7.05 Å². The van der Waals surface area contributed by atoms with Gasteiger partial charge in [0.1, 0.15) is 10.9 Å². The molecular weight excluding hydrogens is 240 g/mol. The highest BCUT2D eigenvalue weighted by atomic mass is 32.2. The quantitative estimate of drug-likeness (QED) is 0.886. The van der Waals surface area contributed by atoms with Gasteiger partial charge in [0.25, 0.3) is 0 Å². The molecule has 0 radical (unpaired) electrons. The molecule has 0 fully saturated rings. The number of aryl methyl sites for hydroxylation is 1. The van der Waals surface area contributed by atoms with Gasteiger partial charge in [-0.3, -0.25) is 0 Å². The third kappa shape index (κ3) is 2.44. The lowest BCUT2D eigenvalue weighted by Crippen LogP contribution is -1.98. The maximum Gasteiger partial charge on any atom is 0.335 e. The van der Waals surface area contributed by atoms with Crippen molar-refractivity contribution in [3.63, 3.8) is 0 Å². The zero-order valence-corrected chi connectivity index (χ0v) is 10.1. The zero-order chi connectivity index (χ0) is 12.4. The summed E-state index contributed by atoms with van der Waals surface area (Å²) in [4.78, 5) is 14.9. The summed E-state index contributed by atoms with van der Waals surface area (Å²) in [5.74, 6) is -0.176. The molecular formula is C10H10N4O2S. The molecule has 0 atom stereocenters. The zero-order valence-electron chi connectivity index (χ0n) is 9.28. The number of carboxylic acids is 1. The van der Waals surface area contributed by atoms with E-state index < -0.39 is 5.97 Å². The highest BCUT2D eigenvalue weighted by molar-refractivity contribution is 7.99. The molecule has 0 aliphatic carbocycles. The lowest BCUT2D eigenvalue weighted by molar-refractivity contribution is 0.0696. The van der Waals surface area contributed by atoms with Gasteiger partial charge >= 0.3 is 5.97 Å². The van der Waals surface area contributed by atoms with Gasteiger partial charge < -0.3 is 9.67 Å². The highest BCUT2D eigenvalue weighted by Gasteiger charge is 2.10. The molecule has 7 heteroatoms. The van der Waals surface area contributed by atoms with E-state index in [-0.39, 0.29) is 5.56 Å². The van der Waals surface area contributed by atoms with Crippen molar-refractivity contribution in [3.05, 3.63) is 29.7 Å². The number of carboxylic acid groups (broad SMARTS) is 1. The van der Waals surface area contributed by atoms with Crippen LogP contribution < -0.4 is 0 Å². The Morgan fingerprint density at radius 2 is 2.24 bits per heavy atom. The molecule has 6 nitrogen and oxygen atoms in total. The van der Waals surface area contributed by atoms with Crippen molar-refractivity contribution in [1.29, 1.82) is 0 Å². The van der Waals surface area contributed by atoms with Gasteiger partial charge in [0, 0.05) is 13.2 Å². The molecule has 2 aromatic heterocycles. The van der Waals surface area contributed by atoms with Crippen LogP contribution in [0.3, 0.4) is 0 Å². The Balaban J connectivity index is 2.27. The first-order valence-corrected chi connectivity index (χ1v) is 5.63. The first-order valence-electron chi connectivity index (χ1n) is 4.81. The predicted octanol–water partition coefficient (Wildman–Crippen LogP) is 1.37. The molecule has 0 unspecified atom stereocenters. The molecule has 2 aromatic rings. The molecule has 0 amide bonds.